The molecule has 2 atom stereocenters. The first-order chi connectivity index (χ1) is 18.0. The Balaban J connectivity index is 0.000000230. The van der Waals surface area contributed by atoms with Gasteiger partial charge >= 0.3 is 0 Å². The SMILES string of the molecule is C=CN=C(Cc1cccc(C)c1F)c1cc(C)c(CC)cc1C.CC1C[C@@H](C(=O)CCC2CC2)C(C)(C)C1. The summed E-state index contributed by atoms with van der Waals surface area (Å²) in [7, 11) is 0. The van der Waals surface area contributed by atoms with E-state index in [2.05, 4.69) is 65.2 Å². The first-order valence-electron chi connectivity index (χ1n) is 14.5. The number of ketones is 1. The molecule has 2 fully saturated rings. The van der Waals surface area contributed by atoms with Gasteiger partial charge in [0.2, 0.25) is 0 Å². The predicted molar refractivity (Wildman–Crippen MR) is 160 cm³/mol. The van der Waals surface area contributed by atoms with E-state index >= 15 is 0 Å². The number of halogens is 1. The fourth-order valence-corrected chi connectivity index (χ4v) is 6.25. The largest absolute Gasteiger partial charge is 0.299 e. The van der Waals surface area contributed by atoms with Gasteiger partial charge in [0, 0.05) is 25.0 Å². The van der Waals surface area contributed by atoms with Crippen molar-refractivity contribution in [2.75, 3.05) is 0 Å². The molecule has 2 aliphatic rings. The lowest BCUT2D eigenvalue weighted by Crippen LogP contribution is -2.25. The Labute approximate surface area is 230 Å². The Morgan fingerprint density at radius 2 is 1.82 bits per heavy atom. The molecule has 0 radical (unpaired) electrons. The van der Waals surface area contributed by atoms with Crippen molar-refractivity contribution in [3.63, 3.8) is 0 Å². The molecular formula is C35H48FNO. The zero-order valence-electron chi connectivity index (χ0n) is 24.8. The smallest absolute Gasteiger partial charge is 0.136 e. The third kappa shape index (κ3) is 7.74. The fraction of sp³-hybridized carbons (Fsp3) is 0.543. The van der Waals surface area contributed by atoms with E-state index in [-0.39, 0.29) is 11.2 Å². The van der Waals surface area contributed by atoms with Crippen molar-refractivity contribution >= 4 is 11.5 Å². The van der Waals surface area contributed by atoms with Gasteiger partial charge < -0.3 is 0 Å². The van der Waals surface area contributed by atoms with E-state index in [1.165, 1.54) is 48.6 Å². The normalized spacial score (nSPS) is 20.6. The van der Waals surface area contributed by atoms with Crippen molar-refractivity contribution in [2.45, 2.75) is 99.8 Å². The van der Waals surface area contributed by atoms with Gasteiger partial charge in [0.25, 0.3) is 0 Å². The zero-order chi connectivity index (χ0) is 28.0. The van der Waals surface area contributed by atoms with Crippen molar-refractivity contribution in [3.05, 3.63) is 82.3 Å². The number of aryl methyl sites for hydroxylation is 4. The van der Waals surface area contributed by atoms with Gasteiger partial charge in [-0.15, -0.1) is 0 Å². The second-order valence-corrected chi connectivity index (χ2v) is 12.5. The number of aliphatic imine (C=N–C) groups is 1. The van der Waals surface area contributed by atoms with Crippen molar-refractivity contribution < 1.29 is 9.18 Å². The van der Waals surface area contributed by atoms with Crippen LogP contribution in [0.1, 0.15) is 99.6 Å². The molecule has 4 rings (SSSR count). The minimum absolute atomic E-state index is 0.149. The van der Waals surface area contributed by atoms with Gasteiger partial charge in [-0.1, -0.05) is 71.4 Å². The summed E-state index contributed by atoms with van der Waals surface area (Å²) in [5.41, 5.74) is 7.27. The summed E-state index contributed by atoms with van der Waals surface area (Å²) in [6, 6.07) is 9.86. The number of hydrogen-bond acceptors (Lipinski definition) is 2. The van der Waals surface area contributed by atoms with Crippen LogP contribution in [0.15, 0.2) is 48.1 Å². The maximum Gasteiger partial charge on any atom is 0.136 e. The second kappa shape index (κ2) is 13.0. The standard InChI is InChI=1S/C21H24FN.C14H24O/c1-6-17-11-16(5)19(12-15(17)4)20(23-7-2)13-18-10-8-9-14(3)21(18)22;1-10-8-12(14(2,3)9-10)13(15)7-6-11-4-5-11/h7-12H,2,6,13H2,1,3-5H3;10-12H,4-9H2,1-3H3/t;10?,12-/m.0/s1. The maximum atomic E-state index is 14.3. The van der Waals surface area contributed by atoms with E-state index in [0.717, 1.165) is 42.4 Å². The van der Waals surface area contributed by atoms with Gasteiger partial charge in [0.05, 0.1) is 5.71 Å². The number of benzene rings is 2. The third-order valence-corrected chi connectivity index (χ3v) is 8.59. The van der Waals surface area contributed by atoms with E-state index in [9.17, 15) is 9.18 Å². The summed E-state index contributed by atoms with van der Waals surface area (Å²) < 4.78 is 14.3. The molecule has 0 bridgehead atoms. The molecule has 0 aromatic heterocycles. The molecule has 2 nitrogen and oxygen atoms in total. The maximum absolute atomic E-state index is 14.3. The summed E-state index contributed by atoms with van der Waals surface area (Å²) >= 11 is 0. The number of nitrogens with zero attached hydrogens (tertiary/aromatic N) is 1. The van der Waals surface area contributed by atoms with Crippen molar-refractivity contribution in [1.82, 2.24) is 0 Å². The number of Topliss-reactive ketones (excluding diaryl/α,β-unsaturated/α-hetero) is 1. The molecule has 0 spiro atoms. The van der Waals surface area contributed by atoms with E-state index < -0.39 is 0 Å². The quantitative estimate of drug-likeness (QED) is 0.305. The number of hydrogen-bond donors (Lipinski definition) is 0. The summed E-state index contributed by atoms with van der Waals surface area (Å²) in [5.74, 6) is 2.40. The van der Waals surface area contributed by atoms with Gasteiger partial charge in [-0.25, -0.2) is 4.39 Å². The molecule has 3 heteroatoms. The first-order valence-corrected chi connectivity index (χ1v) is 14.5. The summed E-state index contributed by atoms with van der Waals surface area (Å²) in [5, 5.41) is 0. The molecule has 0 amide bonds. The molecule has 0 aliphatic heterocycles. The van der Waals surface area contributed by atoms with Crippen LogP contribution in [0.3, 0.4) is 0 Å². The first kappa shape index (κ1) is 30.0. The lowest BCUT2D eigenvalue weighted by atomic mass is 9.78. The summed E-state index contributed by atoms with van der Waals surface area (Å²) in [6.07, 6.45) is 10.1. The molecule has 2 aromatic rings. The number of rotatable bonds is 9. The van der Waals surface area contributed by atoms with Crippen LogP contribution in [0, 0.1) is 49.8 Å². The Morgan fingerprint density at radius 1 is 1.11 bits per heavy atom. The molecule has 0 heterocycles. The average molecular weight is 518 g/mol. The molecule has 2 aromatic carbocycles. The lowest BCUT2D eigenvalue weighted by Gasteiger charge is -2.25. The van der Waals surface area contributed by atoms with Gasteiger partial charge in [0.15, 0.2) is 0 Å². The fourth-order valence-electron chi connectivity index (χ4n) is 6.25. The van der Waals surface area contributed by atoms with Crippen LogP contribution < -0.4 is 0 Å². The predicted octanol–water partition coefficient (Wildman–Crippen LogP) is 9.31. The van der Waals surface area contributed by atoms with Crippen LogP contribution in [-0.2, 0) is 17.6 Å². The monoisotopic (exact) mass is 517 g/mol. The van der Waals surface area contributed by atoms with Crippen LogP contribution in [0.25, 0.3) is 0 Å². The number of carbonyl (C=O) groups is 1. The van der Waals surface area contributed by atoms with Gasteiger partial charge in [-0.3, -0.25) is 9.79 Å². The topological polar surface area (TPSA) is 29.4 Å². The Morgan fingerprint density at radius 3 is 2.39 bits per heavy atom. The number of carbonyl (C=O) groups excluding carboxylic acids is 1. The lowest BCUT2D eigenvalue weighted by molar-refractivity contribution is -0.125. The minimum Gasteiger partial charge on any atom is -0.299 e. The Hall–Kier alpha value is -2.55. The molecular weight excluding hydrogens is 469 g/mol. The van der Waals surface area contributed by atoms with Crippen LogP contribution in [0.2, 0.25) is 0 Å². The highest BCUT2D eigenvalue weighted by molar-refractivity contribution is 6.03. The molecule has 206 valence electrons. The van der Waals surface area contributed by atoms with Crippen molar-refractivity contribution in [3.8, 4) is 0 Å². The van der Waals surface area contributed by atoms with E-state index in [1.807, 2.05) is 12.1 Å². The van der Waals surface area contributed by atoms with Crippen molar-refractivity contribution in [2.24, 2.45) is 28.2 Å². The third-order valence-electron chi connectivity index (χ3n) is 8.59. The highest BCUT2D eigenvalue weighted by Crippen LogP contribution is 2.47. The average Bonchev–Trinajstić information content (AvgIpc) is 3.64. The highest BCUT2D eigenvalue weighted by Gasteiger charge is 2.42. The van der Waals surface area contributed by atoms with Crippen LogP contribution in [0.4, 0.5) is 4.39 Å². The van der Waals surface area contributed by atoms with Crippen molar-refractivity contribution in [1.29, 1.82) is 0 Å². The molecule has 2 saturated carbocycles. The second-order valence-electron chi connectivity index (χ2n) is 12.5. The summed E-state index contributed by atoms with van der Waals surface area (Å²) in [6.45, 7) is 18.7. The molecule has 0 saturated heterocycles. The Bertz CT molecular complexity index is 1170. The van der Waals surface area contributed by atoms with Gasteiger partial charge in [0.1, 0.15) is 11.6 Å². The Kier molecular flexibility index (Phi) is 10.3. The van der Waals surface area contributed by atoms with Crippen LogP contribution in [0.5, 0.6) is 0 Å². The van der Waals surface area contributed by atoms with E-state index in [1.54, 1.807) is 13.0 Å². The minimum atomic E-state index is -0.149. The van der Waals surface area contributed by atoms with Gasteiger partial charge in [-0.05, 0) is 103 Å². The molecule has 1 unspecified atom stereocenters. The van der Waals surface area contributed by atoms with Gasteiger partial charge in [-0.2, -0.15) is 0 Å². The summed E-state index contributed by atoms with van der Waals surface area (Å²) in [4.78, 5) is 16.6. The molecule has 2 aliphatic carbocycles. The van der Waals surface area contributed by atoms with Crippen LogP contribution in [-0.4, -0.2) is 11.5 Å². The zero-order valence-corrected chi connectivity index (χ0v) is 24.8. The van der Waals surface area contributed by atoms with E-state index in [4.69, 9.17) is 0 Å². The highest BCUT2D eigenvalue weighted by atomic mass is 19.1. The molecule has 0 N–H and O–H groups in total. The van der Waals surface area contributed by atoms with E-state index in [0.29, 0.717) is 29.2 Å². The molecule has 38 heavy (non-hydrogen) atoms. The van der Waals surface area contributed by atoms with Crippen LogP contribution >= 0.6 is 0 Å².